The van der Waals surface area contributed by atoms with Gasteiger partial charge in [-0.05, 0) is 35.6 Å². The van der Waals surface area contributed by atoms with Gasteiger partial charge in [0.05, 0.1) is 24.2 Å². The van der Waals surface area contributed by atoms with E-state index in [0.29, 0.717) is 45.1 Å². The predicted octanol–water partition coefficient (Wildman–Crippen LogP) is 3.93. The minimum absolute atomic E-state index is 0.000239. The van der Waals surface area contributed by atoms with E-state index in [0.717, 1.165) is 24.0 Å². The molecule has 7 heteroatoms. The van der Waals surface area contributed by atoms with Gasteiger partial charge in [-0.2, -0.15) is 4.31 Å². The van der Waals surface area contributed by atoms with Crippen molar-refractivity contribution in [1.82, 2.24) is 9.62 Å². The molecular formula is C25H34N2O4S. The third kappa shape index (κ3) is 6.18. The summed E-state index contributed by atoms with van der Waals surface area (Å²) in [6.45, 7) is 5.92. The molecule has 1 fully saturated rings. The van der Waals surface area contributed by atoms with Crippen molar-refractivity contribution >= 4 is 15.9 Å². The molecule has 0 bridgehead atoms. The zero-order chi connectivity index (χ0) is 23.0. The Morgan fingerprint density at radius 1 is 1.00 bits per heavy atom. The van der Waals surface area contributed by atoms with Gasteiger partial charge in [-0.1, -0.05) is 69.2 Å². The summed E-state index contributed by atoms with van der Waals surface area (Å²) in [5, 5.41) is 3.23. The summed E-state index contributed by atoms with van der Waals surface area (Å²) in [5.74, 6) is 0.391. The van der Waals surface area contributed by atoms with Gasteiger partial charge in [0.2, 0.25) is 15.9 Å². The highest BCUT2D eigenvalue weighted by atomic mass is 32.2. The molecule has 1 aliphatic heterocycles. The Hall–Kier alpha value is -2.22. The molecule has 1 heterocycles. The van der Waals surface area contributed by atoms with Gasteiger partial charge in [-0.25, -0.2) is 8.42 Å². The zero-order valence-corrected chi connectivity index (χ0v) is 19.8. The van der Waals surface area contributed by atoms with Crippen molar-refractivity contribution in [1.29, 1.82) is 0 Å². The van der Waals surface area contributed by atoms with Crippen molar-refractivity contribution in [3.8, 4) is 0 Å². The van der Waals surface area contributed by atoms with Gasteiger partial charge in [0.1, 0.15) is 0 Å². The zero-order valence-electron chi connectivity index (χ0n) is 19.0. The topological polar surface area (TPSA) is 75.7 Å². The van der Waals surface area contributed by atoms with Crippen LogP contribution in [0, 0.1) is 5.92 Å². The molecule has 1 amide bonds. The van der Waals surface area contributed by atoms with E-state index in [2.05, 4.69) is 31.3 Å². The third-order valence-electron chi connectivity index (χ3n) is 6.17. The lowest BCUT2D eigenvalue weighted by molar-refractivity contribution is -0.122. The van der Waals surface area contributed by atoms with E-state index in [1.165, 1.54) is 4.31 Å². The van der Waals surface area contributed by atoms with E-state index in [1.54, 1.807) is 24.3 Å². The molecule has 0 aromatic heterocycles. The van der Waals surface area contributed by atoms with E-state index in [9.17, 15) is 13.2 Å². The number of rotatable bonds is 10. The maximum Gasteiger partial charge on any atom is 0.243 e. The summed E-state index contributed by atoms with van der Waals surface area (Å²) in [5.41, 5.74) is 2.08. The number of hydrogen-bond acceptors (Lipinski definition) is 4. The Bertz CT molecular complexity index is 951. The fourth-order valence-corrected chi connectivity index (χ4v) is 5.57. The average molecular weight is 459 g/mol. The maximum absolute atomic E-state index is 12.7. The van der Waals surface area contributed by atoms with Gasteiger partial charge in [0.25, 0.3) is 0 Å². The standard InChI is InChI=1S/C25H34N2O4S/c1-3-21(4-2)25(22-8-6-5-7-9-22)26-24(28)15-12-20-10-13-23(14-11-20)32(29,30)27-16-18-31-19-17-27/h5-11,13-14,21,25H,3-4,12,15-19H2,1-2H3,(H,26,28). The van der Waals surface area contributed by atoms with Crippen molar-refractivity contribution in [2.45, 2.75) is 50.5 Å². The molecule has 0 radical (unpaired) electrons. The van der Waals surface area contributed by atoms with Gasteiger partial charge in [0.15, 0.2) is 0 Å². The number of carbonyl (C=O) groups excluding carboxylic acids is 1. The average Bonchev–Trinajstić information content (AvgIpc) is 2.84. The van der Waals surface area contributed by atoms with Gasteiger partial charge in [0, 0.05) is 19.5 Å². The quantitative estimate of drug-likeness (QED) is 0.585. The van der Waals surface area contributed by atoms with Crippen LogP contribution >= 0.6 is 0 Å². The normalized spacial score (nSPS) is 16.1. The van der Waals surface area contributed by atoms with Crippen molar-refractivity contribution < 1.29 is 17.9 Å². The Morgan fingerprint density at radius 3 is 2.22 bits per heavy atom. The molecule has 1 unspecified atom stereocenters. The number of nitrogens with zero attached hydrogens (tertiary/aromatic N) is 1. The van der Waals surface area contributed by atoms with Gasteiger partial charge >= 0.3 is 0 Å². The number of ether oxygens (including phenoxy) is 1. The van der Waals surface area contributed by atoms with Crippen LogP contribution in [-0.4, -0.2) is 44.9 Å². The lowest BCUT2D eigenvalue weighted by atomic mass is 9.88. The van der Waals surface area contributed by atoms with Crippen molar-refractivity contribution in [3.63, 3.8) is 0 Å². The summed E-state index contributed by atoms with van der Waals surface area (Å²) < 4.78 is 32.2. The smallest absolute Gasteiger partial charge is 0.243 e. The Morgan fingerprint density at radius 2 is 1.62 bits per heavy atom. The minimum Gasteiger partial charge on any atom is -0.379 e. The van der Waals surface area contributed by atoms with Crippen LogP contribution in [0.2, 0.25) is 0 Å². The molecule has 6 nitrogen and oxygen atoms in total. The first-order valence-electron chi connectivity index (χ1n) is 11.5. The molecule has 1 N–H and O–H groups in total. The number of aryl methyl sites for hydroxylation is 1. The van der Waals surface area contributed by atoms with Gasteiger partial charge in [-0.15, -0.1) is 0 Å². The van der Waals surface area contributed by atoms with Crippen LogP contribution in [0.4, 0.5) is 0 Å². The summed E-state index contributed by atoms with van der Waals surface area (Å²) in [7, 11) is -3.50. The monoisotopic (exact) mass is 458 g/mol. The number of hydrogen-bond donors (Lipinski definition) is 1. The molecule has 174 valence electrons. The number of benzene rings is 2. The van der Waals surface area contributed by atoms with Crippen molar-refractivity contribution in [2.75, 3.05) is 26.3 Å². The number of morpholine rings is 1. The van der Waals surface area contributed by atoms with E-state index in [-0.39, 0.29) is 16.8 Å². The van der Waals surface area contributed by atoms with E-state index in [1.807, 2.05) is 18.2 Å². The summed E-state index contributed by atoms with van der Waals surface area (Å²) in [6.07, 6.45) is 2.91. The van der Waals surface area contributed by atoms with Crippen LogP contribution in [0.25, 0.3) is 0 Å². The van der Waals surface area contributed by atoms with Gasteiger partial charge in [-0.3, -0.25) is 4.79 Å². The first kappa shape index (κ1) is 24.4. The second kappa shape index (κ2) is 11.6. The maximum atomic E-state index is 12.7. The van der Waals surface area contributed by atoms with E-state index in [4.69, 9.17) is 4.74 Å². The van der Waals surface area contributed by atoms with E-state index < -0.39 is 10.0 Å². The van der Waals surface area contributed by atoms with Crippen LogP contribution in [-0.2, 0) is 26.0 Å². The lowest BCUT2D eigenvalue weighted by Crippen LogP contribution is -2.40. The largest absolute Gasteiger partial charge is 0.379 e. The molecule has 2 aromatic rings. The highest BCUT2D eigenvalue weighted by Gasteiger charge is 2.26. The second-order valence-corrected chi connectivity index (χ2v) is 10.1. The summed E-state index contributed by atoms with van der Waals surface area (Å²) in [4.78, 5) is 13.0. The number of nitrogens with one attached hydrogen (secondary N) is 1. The van der Waals surface area contributed by atoms with Crippen LogP contribution in [0.3, 0.4) is 0 Å². The molecule has 1 saturated heterocycles. The third-order valence-corrected chi connectivity index (χ3v) is 8.08. The summed E-state index contributed by atoms with van der Waals surface area (Å²) in [6, 6.07) is 17.0. The minimum atomic E-state index is -3.50. The number of sulfonamides is 1. The molecular weight excluding hydrogens is 424 g/mol. The first-order valence-corrected chi connectivity index (χ1v) is 12.9. The van der Waals surface area contributed by atoms with Gasteiger partial charge < -0.3 is 10.1 Å². The first-order chi connectivity index (χ1) is 15.5. The van der Waals surface area contributed by atoms with E-state index >= 15 is 0 Å². The Labute approximate surface area is 192 Å². The Balaban J connectivity index is 1.60. The predicted molar refractivity (Wildman–Crippen MR) is 126 cm³/mol. The SMILES string of the molecule is CCC(CC)C(NC(=O)CCc1ccc(S(=O)(=O)N2CCOCC2)cc1)c1ccccc1. The summed E-state index contributed by atoms with van der Waals surface area (Å²) >= 11 is 0. The molecule has 1 atom stereocenters. The molecule has 0 aliphatic carbocycles. The fraction of sp³-hybridized carbons (Fsp3) is 0.480. The molecule has 0 saturated carbocycles. The van der Waals surface area contributed by atoms with Crippen LogP contribution < -0.4 is 5.32 Å². The highest BCUT2D eigenvalue weighted by molar-refractivity contribution is 7.89. The fourth-order valence-electron chi connectivity index (χ4n) is 4.16. The Kier molecular flexibility index (Phi) is 8.84. The number of carbonyl (C=O) groups is 1. The molecule has 1 aliphatic rings. The molecule has 32 heavy (non-hydrogen) atoms. The molecule has 2 aromatic carbocycles. The molecule has 0 spiro atoms. The highest BCUT2D eigenvalue weighted by Crippen LogP contribution is 2.27. The van der Waals surface area contributed by atoms with Crippen molar-refractivity contribution in [2.24, 2.45) is 5.92 Å². The lowest BCUT2D eigenvalue weighted by Gasteiger charge is -2.27. The van der Waals surface area contributed by atoms with Crippen LogP contribution in [0.5, 0.6) is 0 Å². The number of amides is 1. The van der Waals surface area contributed by atoms with Crippen LogP contribution in [0.15, 0.2) is 59.5 Å². The molecule has 3 rings (SSSR count). The van der Waals surface area contributed by atoms with Crippen LogP contribution in [0.1, 0.15) is 50.3 Å². The van der Waals surface area contributed by atoms with Crippen molar-refractivity contribution in [3.05, 3.63) is 65.7 Å². The second-order valence-electron chi connectivity index (χ2n) is 8.19.